The molecule has 0 spiro atoms. The van der Waals surface area contributed by atoms with Crippen LogP contribution in [0.25, 0.3) is 55.6 Å². The fourth-order valence-electron chi connectivity index (χ4n) is 5.85. The molecule has 0 unspecified atom stereocenters. The third kappa shape index (κ3) is 4.81. The van der Waals surface area contributed by atoms with E-state index in [1.165, 1.54) is 11.1 Å². The Morgan fingerprint density at radius 3 is 1.52 bits per heavy atom. The molecule has 3 heteroatoms. The average molecular weight is 565 g/mol. The molecular formula is C41H28N2O. The maximum absolute atomic E-state index is 6.33. The molecule has 1 aromatic heterocycles. The molecule has 1 heterocycles. The molecule has 0 radical (unpaired) electrons. The number of oxazole rings is 1. The molecule has 8 aromatic rings. The number of rotatable bonds is 6. The van der Waals surface area contributed by atoms with Gasteiger partial charge in [0.05, 0.1) is 0 Å². The van der Waals surface area contributed by atoms with Gasteiger partial charge in [0.25, 0.3) is 0 Å². The van der Waals surface area contributed by atoms with Crippen molar-refractivity contribution < 1.29 is 4.42 Å². The number of hydrogen-bond acceptors (Lipinski definition) is 3. The van der Waals surface area contributed by atoms with Crippen LogP contribution in [0.1, 0.15) is 0 Å². The minimum absolute atomic E-state index is 0.640. The second kappa shape index (κ2) is 11.0. The number of anilines is 3. The van der Waals surface area contributed by atoms with E-state index in [-0.39, 0.29) is 0 Å². The topological polar surface area (TPSA) is 29.3 Å². The van der Waals surface area contributed by atoms with E-state index in [2.05, 4.69) is 132 Å². The summed E-state index contributed by atoms with van der Waals surface area (Å²) in [6.45, 7) is 0. The van der Waals surface area contributed by atoms with Crippen molar-refractivity contribution in [3.8, 4) is 33.7 Å². The molecule has 0 N–H and O–H groups in total. The Hall–Kier alpha value is -5.93. The molecule has 0 aliphatic carbocycles. The molecule has 44 heavy (non-hydrogen) atoms. The summed E-state index contributed by atoms with van der Waals surface area (Å²) in [5, 5.41) is 2.19. The zero-order chi connectivity index (χ0) is 29.3. The molecule has 0 aliphatic heterocycles. The molecule has 0 fully saturated rings. The van der Waals surface area contributed by atoms with Crippen LogP contribution in [0.3, 0.4) is 0 Å². The van der Waals surface area contributed by atoms with Crippen molar-refractivity contribution in [1.82, 2.24) is 4.98 Å². The summed E-state index contributed by atoms with van der Waals surface area (Å²) in [6.07, 6.45) is 0. The fourth-order valence-corrected chi connectivity index (χ4v) is 5.85. The highest BCUT2D eigenvalue weighted by Crippen LogP contribution is 2.38. The summed E-state index contributed by atoms with van der Waals surface area (Å²) in [7, 11) is 0. The summed E-state index contributed by atoms with van der Waals surface area (Å²) in [5.41, 5.74) is 10.6. The number of fused-ring (bicyclic) bond motifs is 3. The lowest BCUT2D eigenvalue weighted by Gasteiger charge is -2.26. The Morgan fingerprint density at radius 2 is 0.886 bits per heavy atom. The normalized spacial score (nSPS) is 11.2. The first-order valence-electron chi connectivity index (χ1n) is 14.8. The van der Waals surface area contributed by atoms with E-state index < -0.39 is 0 Å². The molecular weight excluding hydrogens is 536 g/mol. The predicted octanol–water partition coefficient (Wildman–Crippen LogP) is 11.5. The number of para-hydroxylation sites is 1. The second-order valence-electron chi connectivity index (χ2n) is 10.9. The summed E-state index contributed by atoms with van der Waals surface area (Å²) in [4.78, 5) is 7.07. The average Bonchev–Trinajstić information content (AvgIpc) is 3.56. The van der Waals surface area contributed by atoms with Crippen molar-refractivity contribution >= 4 is 38.9 Å². The molecule has 3 nitrogen and oxygen atoms in total. The first-order valence-corrected chi connectivity index (χ1v) is 14.8. The van der Waals surface area contributed by atoms with Crippen LogP contribution < -0.4 is 4.90 Å². The summed E-state index contributed by atoms with van der Waals surface area (Å²) in [5.74, 6) is 0.640. The lowest BCUT2D eigenvalue weighted by molar-refractivity contribution is 0.623. The predicted molar refractivity (Wildman–Crippen MR) is 183 cm³/mol. The van der Waals surface area contributed by atoms with Gasteiger partial charge in [-0.3, -0.25) is 0 Å². The van der Waals surface area contributed by atoms with Crippen LogP contribution in [-0.4, -0.2) is 4.98 Å². The van der Waals surface area contributed by atoms with Crippen LogP contribution in [0.15, 0.2) is 174 Å². The van der Waals surface area contributed by atoms with E-state index in [0.717, 1.165) is 55.6 Å². The van der Waals surface area contributed by atoms with Crippen LogP contribution in [0.2, 0.25) is 0 Å². The van der Waals surface area contributed by atoms with E-state index in [1.54, 1.807) is 0 Å². The highest BCUT2D eigenvalue weighted by molar-refractivity contribution is 6.05. The van der Waals surface area contributed by atoms with Crippen LogP contribution in [0.4, 0.5) is 17.1 Å². The molecule has 0 atom stereocenters. The molecule has 208 valence electrons. The number of aromatic nitrogens is 1. The first-order chi connectivity index (χ1) is 21.8. The summed E-state index contributed by atoms with van der Waals surface area (Å²) >= 11 is 0. The highest BCUT2D eigenvalue weighted by Gasteiger charge is 2.15. The smallest absolute Gasteiger partial charge is 0.227 e. The van der Waals surface area contributed by atoms with Gasteiger partial charge in [-0.15, -0.1) is 0 Å². The van der Waals surface area contributed by atoms with Gasteiger partial charge in [-0.05, 0) is 88.3 Å². The van der Waals surface area contributed by atoms with Gasteiger partial charge in [-0.1, -0.05) is 109 Å². The zero-order valence-electron chi connectivity index (χ0n) is 24.0. The van der Waals surface area contributed by atoms with E-state index >= 15 is 0 Å². The van der Waals surface area contributed by atoms with Crippen molar-refractivity contribution in [2.24, 2.45) is 0 Å². The lowest BCUT2D eigenvalue weighted by Crippen LogP contribution is -2.09. The van der Waals surface area contributed by atoms with Gasteiger partial charge < -0.3 is 9.32 Å². The van der Waals surface area contributed by atoms with E-state index in [9.17, 15) is 0 Å². The standard InChI is InChI=1S/C41H28N2O/c1-4-10-29(11-5-1)30-18-23-36(24-19-30)43(35-14-8-3-9-15-35)37-25-20-31(21-26-37)34-17-16-32-22-27-39-40(38(32)28-34)44-41(42-39)33-12-6-2-7-13-33/h1-28H. The minimum atomic E-state index is 0.640. The van der Waals surface area contributed by atoms with Gasteiger partial charge in [0.1, 0.15) is 5.52 Å². The number of hydrogen-bond donors (Lipinski definition) is 0. The summed E-state index contributed by atoms with van der Waals surface area (Å²) < 4.78 is 6.33. The number of nitrogens with zero attached hydrogens (tertiary/aromatic N) is 2. The van der Waals surface area contributed by atoms with Crippen molar-refractivity contribution in [3.63, 3.8) is 0 Å². The van der Waals surface area contributed by atoms with Gasteiger partial charge >= 0.3 is 0 Å². The third-order valence-electron chi connectivity index (χ3n) is 8.10. The first kappa shape index (κ1) is 25.8. The van der Waals surface area contributed by atoms with Crippen LogP contribution in [0.5, 0.6) is 0 Å². The molecule has 0 saturated heterocycles. The third-order valence-corrected chi connectivity index (χ3v) is 8.10. The SMILES string of the molecule is c1ccc(-c2ccc(N(c3ccccc3)c3ccc(-c4ccc5ccc6nc(-c7ccccc7)oc6c5c4)cc3)cc2)cc1. The molecule has 0 saturated carbocycles. The van der Waals surface area contributed by atoms with Gasteiger partial charge in [-0.25, -0.2) is 4.98 Å². The Morgan fingerprint density at radius 1 is 0.409 bits per heavy atom. The Balaban J connectivity index is 1.15. The van der Waals surface area contributed by atoms with E-state index in [0.29, 0.717) is 5.89 Å². The highest BCUT2D eigenvalue weighted by atomic mass is 16.3. The van der Waals surface area contributed by atoms with Crippen LogP contribution in [0, 0.1) is 0 Å². The maximum atomic E-state index is 6.33. The van der Waals surface area contributed by atoms with Gasteiger partial charge in [-0.2, -0.15) is 0 Å². The van der Waals surface area contributed by atoms with Gasteiger partial charge in [0.15, 0.2) is 5.58 Å². The van der Waals surface area contributed by atoms with Crippen molar-refractivity contribution in [2.45, 2.75) is 0 Å². The molecule has 0 amide bonds. The largest absolute Gasteiger partial charge is 0.435 e. The lowest BCUT2D eigenvalue weighted by atomic mass is 10.00. The van der Waals surface area contributed by atoms with E-state index in [1.807, 2.05) is 42.5 Å². The minimum Gasteiger partial charge on any atom is -0.435 e. The van der Waals surface area contributed by atoms with Crippen molar-refractivity contribution in [1.29, 1.82) is 0 Å². The molecule has 8 rings (SSSR count). The second-order valence-corrected chi connectivity index (χ2v) is 10.9. The monoisotopic (exact) mass is 564 g/mol. The Bertz CT molecular complexity index is 2190. The van der Waals surface area contributed by atoms with Crippen LogP contribution >= 0.6 is 0 Å². The molecule has 0 aliphatic rings. The quantitative estimate of drug-likeness (QED) is 0.201. The fraction of sp³-hybridized carbons (Fsp3) is 0. The van der Waals surface area contributed by atoms with Crippen molar-refractivity contribution in [2.75, 3.05) is 4.90 Å². The van der Waals surface area contributed by atoms with Gasteiger partial charge in [0, 0.05) is 28.0 Å². The Kier molecular flexibility index (Phi) is 6.47. The zero-order valence-corrected chi connectivity index (χ0v) is 24.0. The molecule has 0 bridgehead atoms. The summed E-state index contributed by atoms with van der Waals surface area (Å²) in [6, 6.07) is 59.3. The van der Waals surface area contributed by atoms with Crippen molar-refractivity contribution in [3.05, 3.63) is 170 Å². The Labute approximate surface area is 256 Å². The van der Waals surface area contributed by atoms with Crippen LogP contribution in [-0.2, 0) is 0 Å². The van der Waals surface area contributed by atoms with Gasteiger partial charge in [0.2, 0.25) is 5.89 Å². The number of benzene rings is 7. The van der Waals surface area contributed by atoms with E-state index in [4.69, 9.17) is 9.40 Å². The molecule has 7 aromatic carbocycles. The maximum Gasteiger partial charge on any atom is 0.227 e.